The molecule has 1 aromatic carbocycles. The molecule has 26 heavy (non-hydrogen) atoms. The molecule has 2 saturated carbocycles. The van der Waals surface area contributed by atoms with Crippen molar-refractivity contribution in [2.45, 2.75) is 50.7 Å². The molecular formula is C21H23ClN2O2. The second kappa shape index (κ2) is 7.67. The van der Waals surface area contributed by atoms with Crippen molar-refractivity contribution in [3.05, 3.63) is 58.7 Å². The van der Waals surface area contributed by atoms with Gasteiger partial charge < -0.3 is 10.1 Å². The van der Waals surface area contributed by atoms with E-state index in [0.717, 1.165) is 35.4 Å². The van der Waals surface area contributed by atoms with Gasteiger partial charge in [0.1, 0.15) is 6.10 Å². The van der Waals surface area contributed by atoms with Crippen LogP contribution in [0.2, 0.25) is 5.02 Å². The molecule has 2 aromatic rings. The number of hydrogen-bond acceptors (Lipinski definition) is 3. The van der Waals surface area contributed by atoms with Crippen molar-refractivity contribution in [3.8, 4) is 5.88 Å². The Labute approximate surface area is 158 Å². The number of carbonyl (C=O) groups is 1. The van der Waals surface area contributed by atoms with E-state index in [4.69, 9.17) is 16.3 Å². The average molecular weight is 371 g/mol. The normalized spacial score (nSPS) is 22.2. The molecule has 2 fully saturated rings. The minimum Gasteiger partial charge on any atom is -0.474 e. The summed E-state index contributed by atoms with van der Waals surface area (Å²) in [7, 11) is 0. The van der Waals surface area contributed by atoms with Crippen LogP contribution in [0.25, 0.3) is 0 Å². The maximum absolute atomic E-state index is 12.4. The summed E-state index contributed by atoms with van der Waals surface area (Å²) in [6.07, 6.45) is 7.71. The molecular weight excluding hydrogens is 348 g/mol. The molecule has 4 nitrogen and oxygen atoms in total. The molecule has 2 aliphatic carbocycles. The van der Waals surface area contributed by atoms with Gasteiger partial charge in [0, 0.05) is 29.7 Å². The lowest BCUT2D eigenvalue weighted by Crippen LogP contribution is -2.25. The highest BCUT2D eigenvalue weighted by Gasteiger charge is 2.43. The first kappa shape index (κ1) is 17.3. The zero-order valence-corrected chi connectivity index (χ0v) is 15.4. The van der Waals surface area contributed by atoms with Crippen LogP contribution in [0, 0.1) is 5.92 Å². The Bertz CT molecular complexity index is 772. The quantitative estimate of drug-likeness (QED) is 0.815. The third kappa shape index (κ3) is 4.18. The van der Waals surface area contributed by atoms with Crippen LogP contribution in [-0.2, 0) is 11.3 Å². The molecule has 136 valence electrons. The van der Waals surface area contributed by atoms with E-state index in [1.54, 1.807) is 6.20 Å². The Morgan fingerprint density at radius 1 is 1.23 bits per heavy atom. The van der Waals surface area contributed by atoms with Gasteiger partial charge in [0.05, 0.1) is 0 Å². The number of nitrogens with zero attached hydrogens (tertiary/aromatic N) is 1. The molecule has 2 aliphatic rings. The van der Waals surface area contributed by atoms with Crippen LogP contribution < -0.4 is 10.1 Å². The van der Waals surface area contributed by atoms with Crippen molar-refractivity contribution in [1.82, 2.24) is 10.3 Å². The number of amides is 1. The van der Waals surface area contributed by atoms with E-state index in [-0.39, 0.29) is 17.7 Å². The minimum atomic E-state index is 0.0476. The van der Waals surface area contributed by atoms with Crippen LogP contribution in [0.1, 0.15) is 49.1 Å². The second-order valence-corrected chi connectivity index (χ2v) is 7.69. The lowest BCUT2D eigenvalue weighted by atomic mass is 10.1. The fourth-order valence-electron chi connectivity index (χ4n) is 3.67. The molecule has 0 spiro atoms. The summed E-state index contributed by atoms with van der Waals surface area (Å²) < 4.78 is 5.87. The number of aromatic nitrogens is 1. The zero-order chi connectivity index (χ0) is 17.9. The van der Waals surface area contributed by atoms with Crippen LogP contribution in [0.5, 0.6) is 5.88 Å². The van der Waals surface area contributed by atoms with Gasteiger partial charge in [0.2, 0.25) is 11.8 Å². The van der Waals surface area contributed by atoms with Gasteiger partial charge in [-0.2, -0.15) is 0 Å². The zero-order valence-electron chi connectivity index (χ0n) is 14.7. The minimum absolute atomic E-state index is 0.0476. The Kier molecular flexibility index (Phi) is 5.11. The molecule has 0 aliphatic heterocycles. The number of ether oxygens (including phenoxy) is 1. The summed E-state index contributed by atoms with van der Waals surface area (Å²) in [6, 6.07) is 11.6. The fraction of sp³-hybridized carbons (Fsp3) is 0.429. The summed E-state index contributed by atoms with van der Waals surface area (Å²) in [5, 5.41) is 3.74. The average Bonchev–Trinajstić information content (AvgIpc) is 3.30. The smallest absolute Gasteiger partial charge is 0.224 e. The molecule has 0 radical (unpaired) electrons. The molecule has 1 aromatic heterocycles. The summed E-state index contributed by atoms with van der Waals surface area (Å²) in [6.45, 7) is 0.494. The van der Waals surface area contributed by atoms with E-state index in [2.05, 4.69) is 10.3 Å². The van der Waals surface area contributed by atoms with E-state index in [1.165, 1.54) is 12.8 Å². The number of pyridine rings is 1. The van der Waals surface area contributed by atoms with Crippen molar-refractivity contribution in [1.29, 1.82) is 0 Å². The Hall–Kier alpha value is -2.07. The van der Waals surface area contributed by atoms with E-state index in [1.807, 2.05) is 36.4 Å². The number of benzene rings is 1. The van der Waals surface area contributed by atoms with Crippen molar-refractivity contribution in [2.24, 2.45) is 5.92 Å². The first-order chi connectivity index (χ1) is 12.7. The Morgan fingerprint density at radius 3 is 2.81 bits per heavy atom. The van der Waals surface area contributed by atoms with Gasteiger partial charge >= 0.3 is 0 Å². The van der Waals surface area contributed by atoms with Gasteiger partial charge in [0.15, 0.2) is 0 Å². The molecule has 4 rings (SSSR count). The highest BCUT2D eigenvalue weighted by Crippen LogP contribution is 2.47. The topological polar surface area (TPSA) is 51.2 Å². The summed E-state index contributed by atoms with van der Waals surface area (Å²) >= 11 is 6.03. The van der Waals surface area contributed by atoms with Crippen molar-refractivity contribution >= 4 is 17.5 Å². The Morgan fingerprint density at radius 2 is 2.08 bits per heavy atom. The maximum atomic E-state index is 12.4. The predicted octanol–water partition coefficient (Wildman–Crippen LogP) is 4.48. The highest BCUT2D eigenvalue weighted by atomic mass is 35.5. The highest BCUT2D eigenvalue weighted by molar-refractivity contribution is 6.30. The van der Waals surface area contributed by atoms with Gasteiger partial charge in [-0.3, -0.25) is 4.79 Å². The molecule has 1 N–H and O–H groups in total. The monoisotopic (exact) mass is 370 g/mol. The lowest BCUT2D eigenvalue weighted by Gasteiger charge is -2.12. The van der Waals surface area contributed by atoms with Gasteiger partial charge in [-0.15, -0.1) is 0 Å². The summed E-state index contributed by atoms with van der Waals surface area (Å²) in [4.78, 5) is 16.7. The first-order valence-electron chi connectivity index (χ1n) is 9.34. The summed E-state index contributed by atoms with van der Waals surface area (Å²) in [5.41, 5.74) is 2.13. The molecule has 2 atom stereocenters. The van der Waals surface area contributed by atoms with Gasteiger partial charge in [-0.05, 0) is 61.3 Å². The number of halogens is 1. The second-order valence-electron chi connectivity index (χ2n) is 7.25. The van der Waals surface area contributed by atoms with Crippen molar-refractivity contribution in [3.63, 3.8) is 0 Å². The fourth-order valence-corrected chi connectivity index (χ4v) is 3.87. The van der Waals surface area contributed by atoms with Crippen LogP contribution in [0.4, 0.5) is 0 Å². The Balaban J connectivity index is 1.25. The number of carbonyl (C=O) groups excluding carboxylic acids is 1. The lowest BCUT2D eigenvalue weighted by molar-refractivity contribution is -0.122. The summed E-state index contributed by atoms with van der Waals surface area (Å²) in [5.74, 6) is 1.11. The number of nitrogens with one attached hydrogen (secondary N) is 1. The molecule has 0 saturated heterocycles. The maximum Gasteiger partial charge on any atom is 0.224 e. The molecule has 0 bridgehead atoms. The molecule has 1 heterocycles. The predicted molar refractivity (Wildman–Crippen MR) is 101 cm³/mol. The van der Waals surface area contributed by atoms with Crippen molar-refractivity contribution in [2.75, 3.05) is 0 Å². The molecule has 2 unspecified atom stereocenters. The van der Waals surface area contributed by atoms with Gasteiger partial charge in [0.25, 0.3) is 0 Å². The van der Waals surface area contributed by atoms with Gasteiger partial charge in [-0.1, -0.05) is 29.8 Å². The van der Waals surface area contributed by atoms with E-state index >= 15 is 0 Å². The molecule has 1 amide bonds. The number of rotatable bonds is 6. The standard InChI is InChI=1S/C21H23ClN2O2/c22-16-5-3-4-15(10-16)18-11-19(18)21(25)24-13-14-8-9-20(23-12-14)26-17-6-1-2-7-17/h3-5,8-10,12,17-19H,1-2,6-7,11,13H2,(H,24,25). The van der Waals surface area contributed by atoms with Crippen molar-refractivity contribution < 1.29 is 9.53 Å². The number of hydrogen-bond donors (Lipinski definition) is 1. The van der Waals surface area contributed by atoms with Crippen LogP contribution in [-0.4, -0.2) is 17.0 Å². The van der Waals surface area contributed by atoms with E-state index < -0.39 is 0 Å². The van der Waals surface area contributed by atoms with Crippen LogP contribution in [0.3, 0.4) is 0 Å². The van der Waals surface area contributed by atoms with E-state index in [9.17, 15) is 4.79 Å². The third-order valence-corrected chi connectivity index (χ3v) is 5.49. The van der Waals surface area contributed by atoms with Crippen LogP contribution >= 0.6 is 11.6 Å². The molecule has 5 heteroatoms. The van der Waals surface area contributed by atoms with Crippen LogP contribution in [0.15, 0.2) is 42.6 Å². The largest absolute Gasteiger partial charge is 0.474 e. The first-order valence-corrected chi connectivity index (χ1v) is 9.71. The third-order valence-electron chi connectivity index (χ3n) is 5.26. The van der Waals surface area contributed by atoms with Gasteiger partial charge in [-0.25, -0.2) is 4.98 Å². The SMILES string of the molecule is O=C(NCc1ccc(OC2CCCC2)nc1)C1CC1c1cccc(Cl)c1. The van der Waals surface area contributed by atoms with E-state index in [0.29, 0.717) is 18.5 Å².